The minimum absolute atomic E-state index is 0.00230. The number of fused-ring (bicyclic) bond motifs is 5. The average Bonchev–Trinajstić information content (AvgIpc) is 3.55. The van der Waals surface area contributed by atoms with E-state index in [0.717, 1.165) is 51.2 Å². The average molecular weight is 677 g/mol. The highest BCUT2D eigenvalue weighted by atomic mass is 19.4. The highest BCUT2D eigenvalue weighted by Crippen LogP contribution is 2.42. The minimum atomic E-state index is -4.49. The van der Waals surface area contributed by atoms with Crippen molar-refractivity contribution in [3.63, 3.8) is 0 Å². The molecule has 3 aliphatic rings. The molecule has 13 heteroatoms. The maximum absolute atomic E-state index is 14.2. The van der Waals surface area contributed by atoms with E-state index in [-0.39, 0.29) is 30.0 Å². The number of alkyl carbamates (subject to hydrolysis) is 1. The van der Waals surface area contributed by atoms with E-state index >= 15 is 0 Å². The molecular formula is C35H47F3N4O6. The second-order valence-corrected chi connectivity index (χ2v) is 14.7. The molecule has 1 aliphatic carbocycles. The van der Waals surface area contributed by atoms with Crippen molar-refractivity contribution in [2.45, 2.75) is 122 Å². The number of hydrogen-bond acceptors (Lipinski definition) is 8. The maximum Gasteiger partial charge on any atom is 0.422 e. The van der Waals surface area contributed by atoms with Crippen LogP contribution in [0, 0.1) is 17.3 Å². The number of carbonyl (C=O) groups is 3. The van der Waals surface area contributed by atoms with Crippen LogP contribution in [0.5, 0.6) is 11.6 Å². The van der Waals surface area contributed by atoms with Crippen LogP contribution in [0.1, 0.15) is 91.7 Å². The van der Waals surface area contributed by atoms with Crippen LogP contribution >= 0.6 is 0 Å². The van der Waals surface area contributed by atoms with E-state index in [2.05, 4.69) is 5.32 Å². The maximum atomic E-state index is 14.2. The summed E-state index contributed by atoms with van der Waals surface area (Å²) in [5.74, 6) is -0.394. The first kappa shape index (κ1) is 35.7. The van der Waals surface area contributed by atoms with Crippen molar-refractivity contribution in [1.82, 2.24) is 20.2 Å². The van der Waals surface area contributed by atoms with Crippen LogP contribution in [0.3, 0.4) is 0 Å². The van der Waals surface area contributed by atoms with Gasteiger partial charge in [-0.1, -0.05) is 40.5 Å². The molecule has 2 bridgehead atoms. The van der Waals surface area contributed by atoms with E-state index < -0.39 is 54.0 Å². The number of ether oxygens (including phenoxy) is 3. The normalized spacial score (nSPS) is 29.2. The fraction of sp³-hybridized carbons (Fsp3) is 0.686. The van der Waals surface area contributed by atoms with Gasteiger partial charge in [-0.3, -0.25) is 4.79 Å². The topological polar surface area (TPSA) is 120 Å². The number of rotatable bonds is 4. The molecule has 0 unspecified atom stereocenters. The molecule has 0 radical (unpaired) electrons. The molecule has 3 heterocycles. The number of nitrogens with one attached hydrogen (secondary N) is 1. The van der Waals surface area contributed by atoms with Crippen LogP contribution in [-0.4, -0.2) is 76.3 Å². The van der Waals surface area contributed by atoms with Gasteiger partial charge in [0, 0.05) is 12.0 Å². The lowest BCUT2D eigenvalue weighted by Gasteiger charge is -2.37. The van der Waals surface area contributed by atoms with Gasteiger partial charge in [-0.25, -0.2) is 14.8 Å². The molecule has 1 saturated carbocycles. The van der Waals surface area contributed by atoms with Gasteiger partial charge in [-0.05, 0) is 75.3 Å². The van der Waals surface area contributed by atoms with Crippen LogP contribution < -0.4 is 14.8 Å². The van der Waals surface area contributed by atoms with Crippen molar-refractivity contribution in [2.24, 2.45) is 17.3 Å². The third-order valence-corrected chi connectivity index (χ3v) is 10.1. The van der Waals surface area contributed by atoms with Crippen molar-refractivity contribution in [3.05, 3.63) is 23.9 Å². The van der Waals surface area contributed by atoms with Gasteiger partial charge in [-0.2, -0.15) is 13.2 Å². The van der Waals surface area contributed by atoms with E-state index in [1.807, 2.05) is 34.6 Å². The first-order valence-electron chi connectivity index (χ1n) is 17.0. The van der Waals surface area contributed by atoms with Crippen molar-refractivity contribution >= 4 is 29.3 Å². The molecular weight excluding hydrogens is 629 g/mol. The first-order chi connectivity index (χ1) is 22.6. The highest BCUT2D eigenvalue weighted by molar-refractivity contribution is 5.89. The number of amides is 2. The summed E-state index contributed by atoms with van der Waals surface area (Å²) in [4.78, 5) is 51.2. The fourth-order valence-corrected chi connectivity index (χ4v) is 7.48. The summed E-state index contributed by atoms with van der Waals surface area (Å²) in [6, 6.07) is 2.63. The molecule has 2 aromatic rings. The second-order valence-electron chi connectivity index (χ2n) is 14.7. The number of halogens is 3. The summed E-state index contributed by atoms with van der Waals surface area (Å²) < 4.78 is 56.0. The summed E-state index contributed by atoms with van der Waals surface area (Å²) in [5, 5.41) is 2.86. The van der Waals surface area contributed by atoms with Crippen molar-refractivity contribution in [2.75, 3.05) is 13.2 Å². The number of aromatic nitrogens is 2. The Morgan fingerprint density at radius 3 is 2.52 bits per heavy atom. The van der Waals surface area contributed by atoms with Crippen LogP contribution in [-0.2, 0) is 20.7 Å². The molecule has 2 aliphatic heterocycles. The highest BCUT2D eigenvalue weighted by Gasteiger charge is 2.49. The molecule has 1 aromatic carbocycles. The lowest BCUT2D eigenvalue weighted by atomic mass is 9.85. The zero-order chi connectivity index (χ0) is 34.9. The van der Waals surface area contributed by atoms with Crippen molar-refractivity contribution < 1.29 is 41.8 Å². The number of benzene rings is 1. The van der Waals surface area contributed by atoms with Gasteiger partial charge in [-0.15, -0.1) is 0 Å². The molecule has 48 heavy (non-hydrogen) atoms. The number of carbonyl (C=O) groups excluding carboxylic acids is 3. The Labute approximate surface area is 279 Å². The van der Waals surface area contributed by atoms with E-state index in [1.165, 1.54) is 17.0 Å². The Bertz CT molecular complexity index is 1500. The summed E-state index contributed by atoms with van der Waals surface area (Å²) in [7, 11) is 0. The predicted molar refractivity (Wildman–Crippen MR) is 172 cm³/mol. The molecule has 264 valence electrons. The van der Waals surface area contributed by atoms with Gasteiger partial charge < -0.3 is 29.2 Å². The van der Waals surface area contributed by atoms with Gasteiger partial charge in [0.2, 0.25) is 11.8 Å². The van der Waals surface area contributed by atoms with E-state index in [0.29, 0.717) is 29.6 Å². The number of aldehydes is 1. The zero-order valence-corrected chi connectivity index (χ0v) is 28.4. The van der Waals surface area contributed by atoms with Gasteiger partial charge in [0.1, 0.15) is 35.5 Å². The summed E-state index contributed by atoms with van der Waals surface area (Å²) in [5.41, 5.74) is 0.0409. The molecule has 10 nitrogen and oxygen atoms in total. The lowest BCUT2D eigenvalue weighted by Crippen LogP contribution is -2.57. The molecule has 2 amide bonds. The van der Waals surface area contributed by atoms with E-state index in [1.54, 1.807) is 6.07 Å². The SMILES string of the molecule is CC[C@@H]1[C@@H]2CN(C(=O)[C@H](C(C)(C)C)NC(=O)O[C@]3(C)CCC[C@H]3CCCCCc3nc4ccc(OCC(F)(F)F)cc4nc3O2)[C@@H]1C=O. The monoisotopic (exact) mass is 676 g/mol. The third-order valence-electron chi connectivity index (χ3n) is 10.1. The molecule has 0 spiro atoms. The van der Waals surface area contributed by atoms with Crippen LogP contribution in [0.4, 0.5) is 18.0 Å². The molecule has 1 N–H and O–H groups in total. The Balaban J connectivity index is 1.52. The summed E-state index contributed by atoms with van der Waals surface area (Å²) >= 11 is 0. The minimum Gasteiger partial charge on any atom is -0.484 e. The molecule has 2 fully saturated rings. The Hall–Kier alpha value is -3.64. The van der Waals surface area contributed by atoms with Crippen LogP contribution in [0.2, 0.25) is 0 Å². The molecule has 1 aromatic heterocycles. The van der Waals surface area contributed by atoms with E-state index in [4.69, 9.17) is 24.2 Å². The standard InChI is InChI=1S/C35H47F3N4O6/c1-6-23-27(19-43)42-18-28(23)47-30-25(39-24-15-14-22(17-26(24)40-30)46-20-35(36,37)38)13-9-7-8-11-21-12-10-16-34(21,5)48-32(45)41-29(31(42)44)33(2,3)4/h14-15,17,19,21,23,27-29H,6-13,16,18,20H2,1-5H3,(H,41,45)/t21-,23+,27-,28+,29-,34-/m1/s1. The second kappa shape index (κ2) is 14.1. The van der Waals surface area contributed by atoms with E-state index in [9.17, 15) is 27.6 Å². The Kier molecular flexibility index (Phi) is 10.5. The quantitative estimate of drug-likeness (QED) is 0.361. The van der Waals surface area contributed by atoms with Crippen LogP contribution in [0.15, 0.2) is 18.2 Å². The number of hydrogen-bond donors (Lipinski definition) is 1. The van der Waals surface area contributed by atoms with Gasteiger partial charge in [0.15, 0.2) is 6.61 Å². The molecule has 1 saturated heterocycles. The Morgan fingerprint density at radius 1 is 1.08 bits per heavy atom. The van der Waals surface area contributed by atoms with Crippen molar-refractivity contribution in [3.8, 4) is 11.6 Å². The zero-order valence-electron chi connectivity index (χ0n) is 28.4. The lowest BCUT2D eigenvalue weighted by molar-refractivity contribution is -0.153. The largest absolute Gasteiger partial charge is 0.484 e. The Morgan fingerprint density at radius 2 is 1.83 bits per heavy atom. The fourth-order valence-electron chi connectivity index (χ4n) is 7.48. The third kappa shape index (κ3) is 7.97. The van der Waals surface area contributed by atoms with Gasteiger partial charge >= 0.3 is 12.3 Å². The van der Waals surface area contributed by atoms with Crippen LogP contribution in [0.25, 0.3) is 11.0 Å². The smallest absolute Gasteiger partial charge is 0.422 e. The van der Waals surface area contributed by atoms with Gasteiger partial charge in [0.05, 0.1) is 23.6 Å². The molecule has 5 rings (SSSR count). The first-order valence-corrected chi connectivity index (χ1v) is 17.0. The number of alkyl halides is 3. The number of aryl methyl sites for hydroxylation is 1. The van der Waals surface area contributed by atoms with Gasteiger partial charge in [0.25, 0.3) is 0 Å². The number of nitrogens with zero attached hydrogens (tertiary/aromatic N) is 3. The summed E-state index contributed by atoms with van der Waals surface area (Å²) in [6.45, 7) is 8.07. The summed E-state index contributed by atoms with van der Waals surface area (Å²) in [6.07, 6.45) is 2.15. The molecule has 6 atom stereocenters. The van der Waals surface area contributed by atoms with Crippen molar-refractivity contribution in [1.29, 1.82) is 0 Å². The predicted octanol–water partition coefficient (Wildman–Crippen LogP) is 6.57.